The molecule has 4 aliphatic carbocycles. The molecule has 2 heterocycles. The summed E-state index contributed by atoms with van der Waals surface area (Å²) >= 11 is 0. The molecule has 2 aliphatic heterocycles. The highest BCUT2D eigenvalue weighted by atomic mass is 16.6. The number of carbonyl (C=O) groups is 9. The first-order chi connectivity index (χ1) is 36.0. The van der Waals surface area contributed by atoms with E-state index in [2.05, 4.69) is 34.4 Å². The third kappa shape index (κ3) is 15.4. The van der Waals surface area contributed by atoms with Gasteiger partial charge in [0.15, 0.2) is 11.6 Å². The number of hydrogen-bond acceptors (Lipinski definition) is 15. The summed E-state index contributed by atoms with van der Waals surface area (Å²) < 4.78 is 16.7. The summed E-state index contributed by atoms with van der Waals surface area (Å²) in [5.41, 5.74) is -3.69. The number of ether oxygens (including phenoxy) is 3. The Morgan fingerprint density at radius 1 is 0.658 bits per heavy atom. The largest absolute Gasteiger partial charge is 0.457 e. The summed E-state index contributed by atoms with van der Waals surface area (Å²) in [6.45, 7) is 20.8. The van der Waals surface area contributed by atoms with Crippen molar-refractivity contribution in [1.82, 2.24) is 31.1 Å². The molecule has 0 aromatic heterocycles. The fourth-order valence-corrected chi connectivity index (χ4v) is 10.9. The van der Waals surface area contributed by atoms with E-state index in [0.29, 0.717) is 12.8 Å². The van der Waals surface area contributed by atoms with Crippen molar-refractivity contribution < 1.29 is 67.4 Å². The van der Waals surface area contributed by atoms with Gasteiger partial charge in [-0.2, -0.15) is 0 Å². The molecule has 5 N–H and O–H groups in total. The number of nitrogens with one attached hydrogen (secondary N) is 4. The predicted octanol–water partition coefficient (Wildman–Crippen LogP) is 6.41. The number of aliphatic hydroxyl groups excluding tert-OH is 1. The Balaban J connectivity index is 0.000000345. The van der Waals surface area contributed by atoms with Crippen LogP contribution < -0.4 is 21.3 Å². The van der Waals surface area contributed by atoms with Crippen molar-refractivity contribution in [2.24, 2.45) is 22.7 Å². The van der Waals surface area contributed by atoms with Gasteiger partial charge in [0.05, 0.1) is 23.1 Å². The van der Waals surface area contributed by atoms with E-state index in [1.807, 2.05) is 20.8 Å². The summed E-state index contributed by atoms with van der Waals surface area (Å²) in [5.74, 6) is -3.69. The Morgan fingerprint density at radius 2 is 1.05 bits per heavy atom. The molecule has 438 valence electrons. The average Bonchev–Trinajstić information content (AvgIpc) is 3.76. The van der Waals surface area contributed by atoms with Crippen LogP contribution in [0.5, 0.6) is 0 Å². The highest BCUT2D eigenvalue weighted by Gasteiger charge is 2.60. The van der Waals surface area contributed by atoms with Gasteiger partial charge >= 0.3 is 18.2 Å². The van der Waals surface area contributed by atoms with Crippen molar-refractivity contribution in [2.75, 3.05) is 13.1 Å². The van der Waals surface area contributed by atoms with E-state index in [9.17, 15) is 58.4 Å². The smallest absolute Gasteiger partial charge is 0.408 e. The molecule has 2 saturated heterocycles. The summed E-state index contributed by atoms with van der Waals surface area (Å²) in [5, 5.41) is 32.3. The fraction of sp³-hybridized carbons (Fsp3) is 0.667. The molecule has 10 atom stereocenters. The first-order valence-electron chi connectivity index (χ1n) is 26.6. The predicted molar refractivity (Wildman–Crippen MR) is 292 cm³/mol. The molecule has 0 spiro atoms. The lowest BCUT2D eigenvalue weighted by Gasteiger charge is -2.35. The second kappa shape index (κ2) is 26.0. The monoisotopic (exact) mass is 1110 g/mol. The molecule has 0 radical (unpaired) electrons. The van der Waals surface area contributed by atoms with Gasteiger partial charge < -0.3 is 50.4 Å². The van der Waals surface area contributed by atoms with Crippen LogP contribution in [0.3, 0.4) is 0 Å². The zero-order valence-electron chi connectivity index (χ0n) is 45.6. The molecular formula is C57H85N7O15. The standard InChI is InChI=1S/C31H40N4O9.C24H37N3O6.2CH4/c1-6-20-16-31(20,18(2)36)33-26(37)24-15-23(43-28(39)19-11-13-21(14-12-19)35(41)42)17-34(24)27(38)25(30(3,4)5)32-29(40)44-22-9-7-8-10-22;1-6-15-12-24(15,14(2)28)26-20(30)18-11-16(29)13-27(18)21(31)19(23(3,4)5)25-22(32)33-17-9-7-8-10-17;;/h6,11-14,20,22-25H,1,7-10,15-17H2,2-5H3,(H,32,40)(H,33,37);6,15-19,29H,1,7-13H2,2-5H3,(H,25,32)(H,26,30);2*1H4/t20-,23+,24+,25-,31+;15-,16+,18+,19-,24+;;/m11../s1. The van der Waals surface area contributed by atoms with Gasteiger partial charge in [0.1, 0.15) is 53.6 Å². The second-order valence-electron chi connectivity index (χ2n) is 23.6. The number of nitrogens with zero attached hydrogens (tertiary/aromatic N) is 3. The average molecular weight is 1110 g/mol. The van der Waals surface area contributed by atoms with Crippen LogP contribution in [0.4, 0.5) is 15.3 Å². The third-order valence-corrected chi connectivity index (χ3v) is 15.8. The second-order valence-corrected chi connectivity index (χ2v) is 23.6. The van der Waals surface area contributed by atoms with Crippen LogP contribution in [-0.2, 0) is 43.0 Å². The lowest BCUT2D eigenvalue weighted by molar-refractivity contribution is -0.384. The quantitative estimate of drug-likeness (QED) is 0.0370. The van der Waals surface area contributed by atoms with Gasteiger partial charge in [0.2, 0.25) is 23.6 Å². The van der Waals surface area contributed by atoms with Crippen molar-refractivity contribution in [1.29, 1.82) is 0 Å². The number of non-ortho nitro benzene ring substituents is 1. The molecule has 1 aromatic carbocycles. The van der Waals surface area contributed by atoms with Gasteiger partial charge in [-0.05, 0) is 101 Å². The molecular weight excluding hydrogens is 1020 g/mol. The van der Waals surface area contributed by atoms with E-state index in [1.54, 1.807) is 32.9 Å². The first kappa shape index (κ1) is 64.8. The van der Waals surface area contributed by atoms with Crippen LogP contribution in [0.2, 0.25) is 0 Å². The number of likely N-dealkylation sites (tertiary alicyclic amines) is 2. The molecule has 22 heteroatoms. The number of carbonyl (C=O) groups excluding carboxylic acids is 9. The molecule has 6 aliphatic rings. The van der Waals surface area contributed by atoms with E-state index in [-0.39, 0.29) is 87.6 Å². The van der Waals surface area contributed by atoms with Gasteiger partial charge in [-0.15, -0.1) is 13.2 Å². The summed E-state index contributed by atoms with van der Waals surface area (Å²) in [6.07, 6.45) is 7.62. The number of alkyl carbamates (subject to hydrolysis) is 2. The topological polar surface area (TPSA) is 299 Å². The van der Waals surface area contributed by atoms with Crippen LogP contribution in [0.25, 0.3) is 0 Å². The van der Waals surface area contributed by atoms with Gasteiger partial charge in [-0.1, -0.05) is 68.5 Å². The Hall–Kier alpha value is -6.71. The van der Waals surface area contributed by atoms with Crippen molar-refractivity contribution in [3.8, 4) is 0 Å². The number of esters is 1. The van der Waals surface area contributed by atoms with Crippen LogP contribution in [0.1, 0.15) is 158 Å². The molecule has 0 bridgehead atoms. The van der Waals surface area contributed by atoms with Gasteiger partial charge in [-0.25, -0.2) is 14.4 Å². The number of rotatable bonds is 17. The van der Waals surface area contributed by atoms with Crippen molar-refractivity contribution in [2.45, 2.75) is 207 Å². The van der Waals surface area contributed by atoms with E-state index < -0.39 is 105 Å². The molecule has 6 amide bonds. The van der Waals surface area contributed by atoms with Crippen LogP contribution in [-0.4, -0.2) is 146 Å². The molecule has 79 heavy (non-hydrogen) atoms. The van der Waals surface area contributed by atoms with Crippen LogP contribution >= 0.6 is 0 Å². The molecule has 0 unspecified atom stereocenters. The zero-order chi connectivity index (χ0) is 56.9. The Kier molecular flexibility index (Phi) is 21.4. The highest BCUT2D eigenvalue weighted by molar-refractivity contribution is 6.00. The Bertz CT molecular complexity index is 2480. The summed E-state index contributed by atoms with van der Waals surface area (Å²) in [6, 6.07) is 0.788. The van der Waals surface area contributed by atoms with Crippen molar-refractivity contribution >= 4 is 59.0 Å². The van der Waals surface area contributed by atoms with E-state index in [1.165, 1.54) is 47.9 Å². The molecule has 6 fully saturated rings. The fourth-order valence-electron chi connectivity index (χ4n) is 10.9. The number of nitro groups is 1. The molecule has 7 rings (SSSR count). The number of benzene rings is 1. The maximum atomic E-state index is 14.1. The molecule has 22 nitrogen and oxygen atoms in total. The number of amides is 6. The van der Waals surface area contributed by atoms with Gasteiger partial charge in [0, 0.05) is 43.4 Å². The minimum atomic E-state index is -1.12. The number of β-amino-alcohol motifs (C(OH)–C–C–N with tert-alkyl or cyclic N) is 1. The Morgan fingerprint density at radius 3 is 1.41 bits per heavy atom. The molecule has 4 saturated carbocycles. The third-order valence-electron chi connectivity index (χ3n) is 15.8. The first-order valence-corrected chi connectivity index (χ1v) is 26.6. The van der Waals surface area contributed by atoms with Crippen LogP contribution in [0.15, 0.2) is 49.6 Å². The van der Waals surface area contributed by atoms with Gasteiger partial charge in [-0.3, -0.25) is 38.9 Å². The number of ketones is 2. The van der Waals surface area contributed by atoms with Crippen molar-refractivity contribution in [3.05, 3.63) is 65.3 Å². The minimum absolute atomic E-state index is 0. The number of aliphatic hydroxyl groups is 1. The van der Waals surface area contributed by atoms with E-state index in [0.717, 1.165) is 51.4 Å². The lowest BCUT2D eigenvalue weighted by atomic mass is 9.85. The minimum Gasteiger partial charge on any atom is -0.457 e. The normalized spacial score (nSPS) is 26.9. The number of nitro benzene ring substituents is 1. The number of Topliss-reactive ketones (excluding diaryl/α,β-unsaturated/α-hetero) is 2. The SMILES string of the molecule is C.C.C=C[C@@H]1C[C@]1(NC(=O)[C@@H]1C[C@H](O)CN1C(=O)[C@@H](NC(=O)OC1CCCC1)C(C)(C)C)C(C)=O.C=C[C@@H]1C[C@]1(NC(=O)[C@@H]1C[C@H](OC(=O)c2ccc([N+](=O)[O-])cc2)CN1C(=O)[C@@H](NC(=O)OC1CCCC1)C(C)(C)C)C(C)=O. The summed E-state index contributed by atoms with van der Waals surface area (Å²) in [4.78, 5) is 130. The molecule has 1 aromatic rings. The van der Waals surface area contributed by atoms with E-state index >= 15 is 0 Å². The van der Waals surface area contributed by atoms with E-state index in [4.69, 9.17) is 14.2 Å². The van der Waals surface area contributed by atoms with Crippen molar-refractivity contribution in [3.63, 3.8) is 0 Å². The Labute approximate surface area is 464 Å². The zero-order valence-corrected chi connectivity index (χ0v) is 45.6. The highest BCUT2D eigenvalue weighted by Crippen LogP contribution is 2.46. The summed E-state index contributed by atoms with van der Waals surface area (Å²) in [7, 11) is 0. The lowest BCUT2D eigenvalue weighted by Crippen LogP contribution is -2.59. The number of hydrogen-bond donors (Lipinski definition) is 5. The maximum Gasteiger partial charge on any atom is 0.408 e. The maximum absolute atomic E-state index is 14.1. The van der Waals surface area contributed by atoms with Gasteiger partial charge in [0.25, 0.3) is 5.69 Å². The van der Waals surface area contributed by atoms with Crippen LogP contribution in [0, 0.1) is 32.8 Å².